The predicted octanol–water partition coefficient (Wildman–Crippen LogP) is 2.52. The van der Waals surface area contributed by atoms with Gasteiger partial charge in [-0.05, 0) is 55.2 Å². The molecule has 1 aromatic heterocycles. The summed E-state index contributed by atoms with van der Waals surface area (Å²) >= 11 is 0. The number of piperidine rings is 1. The molecule has 34 heavy (non-hydrogen) atoms. The molecule has 2 N–H and O–H groups in total. The van der Waals surface area contributed by atoms with Gasteiger partial charge in [0.25, 0.3) is 0 Å². The molecule has 0 aliphatic carbocycles. The van der Waals surface area contributed by atoms with Gasteiger partial charge in [0.2, 0.25) is 21.8 Å². The van der Waals surface area contributed by atoms with Crippen LogP contribution < -0.4 is 16.4 Å². The van der Waals surface area contributed by atoms with Gasteiger partial charge in [-0.25, -0.2) is 13.2 Å². The van der Waals surface area contributed by atoms with Gasteiger partial charge in [-0.1, -0.05) is 0 Å². The minimum atomic E-state index is -3.74. The third-order valence-electron chi connectivity index (χ3n) is 5.94. The number of carbonyl (C=O) groups excluding carboxylic acids is 2. The van der Waals surface area contributed by atoms with Crippen LogP contribution in [0.1, 0.15) is 26.2 Å². The standard InChI is InChI=1S/C23H26N4O6S/c1-15(28)24-17-3-5-18(6-4-17)25-22(29)13-16-9-11-27(12-10-16)34(31,32)19-7-8-20-21(14-19)33-23(30)26(20)2/h3-8,14,16H,9-13H2,1-2H3,(H,24,28)(H,25,29). The van der Waals surface area contributed by atoms with Crippen molar-refractivity contribution in [3.05, 3.63) is 53.0 Å². The van der Waals surface area contributed by atoms with Crippen molar-refractivity contribution >= 4 is 44.3 Å². The van der Waals surface area contributed by atoms with Crippen LogP contribution in [-0.4, -0.2) is 42.2 Å². The van der Waals surface area contributed by atoms with Crippen LogP contribution >= 0.6 is 0 Å². The number of aromatic nitrogens is 1. The summed E-state index contributed by atoms with van der Waals surface area (Å²) in [5.74, 6) is -0.789. The maximum Gasteiger partial charge on any atom is 0.419 e. The van der Waals surface area contributed by atoms with Crippen LogP contribution in [0.2, 0.25) is 0 Å². The van der Waals surface area contributed by atoms with Crippen LogP contribution in [-0.2, 0) is 26.7 Å². The fourth-order valence-electron chi connectivity index (χ4n) is 4.09. The number of amides is 2. The molecule has 1 fully saturated rings. The predicted molar refractivity (Wildman–Crippen MR) is 127 cm³/mol. The number of benzene rings is 2. The third kappa shape index (κ3) is 5.05. The number of hydrogen-bond acceptors (Lipinski definition) is 6. The molecule has 11 heteroatoms. The van der Waals surface area contributed by atoms with Crippen molar-refractivity contribution in [3.8, 4) is 0 Å². The Kier molecular flexibility index (Phi) is 6.58. The highest BCUT2D eigenvalue weighted by atomic mass is 32.2. The van der Waals surface area contributed by atoms with Crippen molar-refractivity contribution in [2.45, 2.75) is 31.1 Å². The van der Waals surface area contributed by atoms with Gasteiger partial charge < -0.3 is 15.1 Å². The number of oxazole rings is 1. The van der Waals surface area contributed by atoms with Crippen molar-refractivity contribution in [1.29, 1.82) is 0 Å². The molecule has 1 aliphatic heterocycles. The maximum absolute atomic E-state index is 13.1. The van der Waals surface area contributed by atoms with Crippen LogP contribution in [0.3, 0.4) is 0 Å². The molecule has 180 valence electrons. The molecule has 2 aromatic carbocycles. The maximum atomic E-state index is 13.1. The molecule has 0 atom stereocenters. The van der Waals surface area contributed by atoms with E-state index in [1.165, 1.54) is 27.9 Å². The van der Waals surface area contributed by atoms with E-state index in [0.717, 1.165) is 0 Å². The number of nitrogens with one attached hydrogen (secondary N) is 2. The molecule has 0 radical (unpaired) electrons. The van der Waals surface area contributed by atoms with Gasteiger partial charge in [0.15, 0.2) is 5.58 Å². The summed E-state index contributed by atoms with van der Waals surface area (Å²) in [4.78, 5) is 35.3. The Labute approximate surface area is 196 Å². The van der Waals surface area contributed by atoms with Crippen molar-refractivity contribution in [1.82, 2.24) is 8.87 Å². The Morgan fingerprint density at radius 2 is 1.65 bits per heavy atom. The largest absolute Gasteiger partial charge is 0.419 e. The zero-order valence-electron chi connectivity index (χ0n) is 18.9. The molecule has 0 bridgehead atoms. The molecule has 1 aliphatic rings. The Morgan fingerprint density at radius 1 is 1.03 bits per heavy atom. The molecule has 10 nitrogen and oxygen atoms in total. The average Bonchev–Trinajstić information content (AvgIpc) is 3.08. The van der Waals surface area contributed by atoms with Crippen LogP contribution in [0.15, 0.2) is 56.6 Å². The lowest BCUT2D eigenvalue weighted by Gasteiger charge is -2.31. The van der Waals surface area contributed by atoms with E-state index in [9.17, 15) is 22.8 Å². The first-order valence-corrected chi connectivity index (χ1v) is 12.3. The molecule has 0 saturated carbocycles. The van der Waals surface area contributed by atoms with E-state index in [0.29, 0.717) is 49.2 Å². The van der Waals surface area contributed by atoms with Crippen molar-refractivity contribution in [2.24, 2.45) is 13.0 Å². The minimum absolute atomic E-state index is 0.0692. The van der Waals surface area contributed by atoms with Crippen LogP contribution in [0.4, 0.5) is 11.4 Å². The minimum Gasteiger partial charge on any atom is -0.408 e. The topological polar surface area (TPSA) is 131 Å². The molecule has 0 unspecified atom stereocenters. The molecule has 1 saturated heterocycles. The van der Waals surface area contributed by atoms with Crippen molar-refractivity contribution < 1.29 is 22.4 Å². The van der Waals surface area contributed by atoms with E-state index >= 15 is 0 Å². The average molecular weight is 487 g/mol. The number of nitrogens with zero attached hydrogens (tertiary/aromatic N) is 2. The van der Waals surface area contributed by atoms with Crippen LogP contribution in [0.5, 0.6) is 0 Å². The second kappa shape index (κ2) is 9.43. The van der Waals surface area contributed by atoms with Gasteiger partial charge >= 0.3 is 5.76 Å². The molecular weight excluding hydrogens is 460 g/mol. The number of anilines is 2. The second-order valence-electron chi connectivity index (χ2n) is 8.41. The Bertz CT molecular complexity index is 1380. The summed E-state index contributed by atoms with van der Waals surface area (Å²) in [6.45, 7) is 2.04. The van der Waals surface area contributed by atoms with Gasteiger partial charge in [0.05, 0.1) is 10.4 Å². The fourth-order valence-corrected chi connectivity index (χ4v) is 5.58. The van der Waals surface area contributed by atoms with E-state index < -0.39 is 15.8 Å². The monoisotopic (exact) mass is 486 g/mol. The molecular formula is C23H26N4O6S. The number of fused-ring (bicyclic) bond motifs is 1. The highest BCUT2D eigenvalue weighted by Crippen LogP contribution is 2.27. The highest BCUT2D eigenvalue weighted by molar-refractivity contribution is 7.89. The van der Waals surface area contributed by atoms with E-state index in [2.05, 4.69) is 10.6 Å². The summed E-state index contributed by atoms with van der Waals surface area (Å²) in [7, 11) is -2.18. The summed E-state index contributed by atoms with van der Waals surface area (Å²) in [5.41, 5.74) is 2.03. The molecule has 2 heterocycles. The van der Waals surface area contributed by atoms with Crippen molar-refractivity contribution in [3.63, 3.8) is 0 Å². The SMILES string of the molecule is CC(=O)Nc1ccc(NC(=O)CC2CCN(S(=O)(=O)c3ccc4c(c3)oc(=O)n4C)CC2)cc1. The molecule has 2 amide bonds. The van der Waals surface area contributed by atoms with Gasteiger partial charge in [-0.3, -0.25) is 14.2 Å². The van der Waals surface area contributed by atoms with E-state index in [1.807, 2.05) is 0 Å². The van der Waals surface area contributed by atoms with E-state index in [-0.39, 0.29) is 28.2 Å². The first-order chi connectivity index (χ1) is 16.1. The lowest BCUT2D eigenvalue weighted by Crippen LogP contribution is -2.39. The summed E-state index contributed by atoms with van der Waals surface area (Å²) in [6, 6.07) is 11.3. The number of sulfonamides is 1. The quantitative estimate of drug-likeness (QED) is 0.551. The molecule has 4 rings (SSSR count). The van der Waals surface area contributed by atoms with Gasteiger partial charge in [0, 0.05) is 50.9 Å². The number of carbonyl (C=O) groups is 2. The highest BCUT2D eigenvalue weighted by Gasteiger charge is 2.30. The van der Waals surface area contributed by atoms with Crippen LogP contribution in [0.25, 0.3) is 11.1 Å². The number of hydrogen-bond donors (Lipinski definition) is 2. The lowest BCUT2D eigenvalue weighted by molar-refractivity contribution is -0.117. The van der Waals surface area contributed by atoms with Gasteiger partial charge in [-0.2, -0.15) is 4.31 Å². The first-order valence-electron chi connectivity index (χ1n) is 10.9. The van der Waals surface area contributed by atoms with Gasteiger partial charge in [0.1, 0.15) is 0 Å². The van der Waals surface area contributed by atoms with E-state index in [4.69, 9.17) is 4.42 Å². The summed E-state index contributed by atoms with van der Waals surface area (Å²) in [6.07, 6.45) is 1.43. The Morgan fingerprint density at radius 3 is 2.26 bits per heavy atom. The Balaban J connectivity index is 1.33. The zero-order chi connectivity index (χ0) is 24.5. The zero-order valence-corrected chi connectivity index (χ0v) is 19.7. The number of aryl methyl sites for hydroxylation is 1. The van der Waals surface area contributed by atoms with Gasteiger partial charge in [-0.15, -0.1) is 0 Å². The van der Waals surface area contributed by atoms with E-state index in [1.54, 1.807) is 37.4 Å². The summed E-state index contributed by atoms with van der Waals surface area (Å²) < 4.78 is 34.0. The summed E-state index contributed by atoms with van der Waals surface area (Å²) in [5, 5.41) is 5.50. The molecule has 3 aromatic rings. The smallest absolute Gasteiger partial charge is 0.408 e. The second-order valence-corrected chi connectivity index (χ2v) is 10.4. The fraction of sp³-hybridized carbons (Fsp3) is 0.348. The lowest BCUT2D eigenvalue weighted by atomic mass is 9.94. The van der Waals surface area contributed by atoms with Crippen molar-refractivity contribution in [2.75, 3.05) is 23.7 Å². The Hall–Kier alpha value is -3.44. The third-order valence-corrected chi connectivity index (χ3v) is 7.83. The normalized spacial score (nSPS) is 15.4. The molecule has 0 spiro atoms. The first kappa shape index (κ1) is 23.7. The number of rotatable bonds is 6. The van der Waals surface area contributed by atoms with Crippen LogP contribution in [0, 0.1) is 5.92 Å².